The number of aryl methyl sites for hydroxylation is 1. The lowest BCUT2D eigenvalue weighted by molar-refractivity contribution is -0.137. The second-order valence-corrected chi connectivity index (χ2v) is 7.52. The smallest absolute Gasteiger partial charge is 0.362 e. The molecule has 0 fully saturated rings. The number of alkyl halides is 3. The molecular formula is C23H25F3N2O. The molecule has 1 heterocycles. The molecule has 0 saturated carbocycles. The van der Waals surface area contributed by atoms with Crippen LogP contribution >= 0.6 is 0 Å². The van der Waals surface area contributed by atoms with E-state index >= 15 is 0 Å². The number of amides is 1. The van der Waals surface area contributed by atoms with Crippen LogP contribution in [-0.4, -0.2) is 23.0 Å². The minimum absolute atomic E-state index is 0.0709. The van der Waals surface area contributed by atoms with Gasteiger partial charge in [-0.25, -0.2) is 0 Å². The number of hydrogen-bond donors (Lipinski definition) is 1. The summed E-state index contributed by atoms with van der Waals surface area (Å²) in [4.78, 5) is 14.6. The Morgan fingerprint density at radius 2 is 1.76 bits per heavy atom. The highest BCUT2D eigenvalue weighted by molar-refractivity contribution is 5.97. The van der Waals surface area contributed by atoms with E-state index in [9.17, 15) is 18.0 Å². The summed E-state index contributed by atoms with van der Waals surface area (Å²) < 4.78 is 39.1. The van der Waals surface area contributed by atoms with Crippen molar-refractivity contribution in [2.24, 2.45) is 0 Å². The summed E-state index contributed by atoms with van der Waals surface area (Å²) in [5, 5.41) is 3.14. The van der Waals surface area contributed by atoms with Crippen LogP contribution in [0.3, 0.4) is 0 Å². The highest BCUT2D eigenvalue weighted by atomic mass is 19.4. The lowest BCUT2D eigenvalue weighted by Crippen LogP contribution is -2.46. The van der Waals surface area contributed by atoms with Gasteiger partial charge >= 0.3 is 6.18 Å². The molecule has 0 unspecified atom stereocenters. The molecular weight excluding hydrogens is 377 g/mol. The number of carbonyl (C=O) groups excluding carboxylic acids is 1. The zero-order valence-corrected chi connectivity index (χ0v) is 16.8. The Bertz CT molecular complexity index is 906. The summed E-state index contributed by atoms with van der Waals surface area (Å²) in [6.45, 7) is 5.60. The van der Waals surface area contributed by atoms with Gasteiger partial charge in [0.1, 0.15) is 6.17 Å². The largest absolute Gasteiger partial charge is 0.416 e. The van der Waals surface area contributed by atoms with E-state index < -0.39 is 17.9 Å². The lowest BCUT2D eigenvalue weighted by atomic mass is 10.0. The minimum Gasteiger partial charge on any atom is -0.362 e. The monoisotopic (exact) mass is 402 g/mol. The molecule has 154 valence electrons. The van der Waals surface area contributed by atoms with Crippen molar-refractivity contribution in [3.8, 4) is 0 Å². The first-order chi connectivity index (χ1) is 13.7. The summed E-state index contributed by atoms with van der Waals surface area (Å²) in [6.07, 6.45) is -3.29. The number of anilines is 1. The first-order valence-electron chi connectivity index (χ1n) is 9.66. The Balaban J connectivity index is 1.78. The number of rotatable bonds is 6. The van der Waals surface area contributed by atoms with E-state index in [2.05, 4.69) is 5.32 Å². The number of carbonyl (C=O) groups is 1. The number of hydrogen-bond acceptors (Lipinski definition) is 2. The van der Waals surface area contributed by atoms with E-state index in [1.54, 1.807) is 17.9 Å². The summed E-state index contributed by atoms with van der Waals surface area (Å²) >= 11 is 0. The second-order valence-electron chi connectivity index (χ2n) is 7.52. The average Bonchev–Trinajstić information content (AvgIpc) is 2.90. The average molecular weight is 402 g/mol. The molecule has 0 spiro atoms. The minimum atomic E-state index is -4.41. The van der Waals surface area contributed by atoms with Crippen LogP contribution in [0.2, 0.25) is 0 Å². The summed E-state index contributed by atoms with van der Waals surface area (Å²) in [5.41, 5.74) is 2.29. The molecule has 6 heteroatoms. The van der Waals surface area contributed by atoms with E-state index in [-0.39, 0.29) is 11.9 Å². The van der Waals surface area contributed by atoms with Crippen molar-refractivity contribution in [3.05, 3.63) is 76.9 Å². The van der Waals surface area contributed by atoms with E-state index in [1.165, 1.54) is 11.6 Å². The van der Waals surface area contributed by atoms with Crippen LogP contribution < -0.4 is 5.32 Å². The van der Waals surface area contributed by atoms with Gasteiger partial charge in [0.05, 0.1) is 5.56 Å². The zero-order chi connectivity index (χ0) is 21.2. The first-order valence-corrected chi connectivity index (χ1v) is 9.66. The van der Waals surface area contributed by atoms with Crippen molar-refractivity contribution in [2.45, 2.75) is 52.0 Å². The molecule has 1 N–H and O–H groups in total. The first kappa shape index (κ1) is 21.0. The normalized spacial score (nSPS) is 18.3. The van der Waals surface area contributed by atoms with Gasteiger partial charge in [-0.1, -0.05) is 36.4 Å². The van der Waals surface area contributed by atoms with E-state index in [4.69, 9.17) is 0 Å². The van der Waals surface area contributed by atoms with E-state index in [1.807, 2.05) is 44.2 Å². The Labute approximate surface area is 169 Å². The van der Waals surface area contributed by atoms with Crippen molar-refractivity contribution < 1.29 is 18.0 Å². The van der Waals surface area contributed by atoms with Crippen molar-refractivity contribution >= 4 is 11.6 Å². The predicted molar refractivity (Wildman–Crippen MR) is 108 cm³/mol. The van der Waals surface area contributed by atoms with E-state index in [0.717, 1.165) is 30.5 Å². The van der Waals surface area contributed by atoms with Gasteiger partial charge < -0.3 is 10.2 Å². The fourth-order valence-corrected chi connectivity index (χ4v) is 3.63. The van der Waals surface area contributed by atoms with Crippen molar-refractivity contribution in [1.82, 2.24) is 4.90 Å². The molecule has 2 aromatic carbocycles. The summed E-state index contributed by atoms with van der Waals surface area (Å²) in [7, 11) is 0. The van der Waals surface area contributed by atoms with Crippen LogP contribution in [0.1, 0.15) is 38.3 Å². The van der Waals surface area contributed by atoms with Gasteiger partial charge in [-0.2, -0.15) is 13.2 Å². The summed E-state index contributed by atoms with van der Waals surface area (Å²) in [5.74, 6) is -0.0764. The Kier molecular flexibility index (Phi) is 6.01. The second kappa shape index (κ2) is 8.31. The molecule has 2 atom stereocenters. The third-order valence-corrected chi connectivity index (χ3v) is 5.50. The third kappa shape index (κ3) is 4.63. The van der Waals surface area contributed by atoms with Gasteiger partial charge in [0, 0.05) is 17.3 Å². The highest BCUT2D eigenvalue weighted by Crippen LogP contribution is 2.33. The molecule has 3 nitrogen and oxygen atoms in total. The quantitative estimate of drug-likeness (QED) is 0.678. The molecule has 0 aliphatic carbocycles. The fraction of sp³-hybridized carbons (Fsp3) is 0.348. The molecule has 1 amide bonds. The van der Waals surface area contributed by atoms with Crippen LogP contribution in [0.15, 0.2) is 65.7 Å². The van der Waals surface area contributed by atoms with Crippen LogP contribution in [0, 0.1) is 0 Å². The van der Waals surface area contributed by atoms with Crippen molar-refractivity contribution in [3.63, 3.8) is 0 Å². The zero-order valence-electron chi connectivity index (χ0n) is 16.8. The predicted octanol–water partition coefficient (Wildman–Crippen LogP) is 5.64. The van der Waals surface area contributed by atoms with Crippen LogP contribution in [0.25, 0.3) is 0 Å². The number of nitrogens with zero attached hydrogens (tertiary/aromatic N) is 1. The number of nitrogens with one attached hydrogen (secondary N) is 1. The maximum atomic E-state index is 13.0. The Morgan fingerprint density at radius 1 is 1.07 bits per heavy atom. The SMILES string of the molecule is CC1=C(C)[C@@H](Nc2cccc(C(F)(F)F)c2)N([C@@H](C)CCc2ccccc2)C1=O. The van der Waals surface area contributed by atoms with E-state index in [0.29, 0.717) is 11.3 Å². The molecule has 29 heavy (non-hydrogen) atoms. The number of benzene rings is 2. The third-order valence-electron chi connectivity index (χ3n) is 5.50. The maximum Gasteiger partial charge on any atom is 0.416 e. The molecule has 0 bridgehead atoms. The van der Waals surface area contributed by atoms with Crippen LogP contribution in [-0.2, 0) is 17.4 Å². The highest BCUT2D eigenvalue weighted by Gasteiger charge is 2.38. The van der Waals surface area contributed by atoms with Gasteiger partial charge in [-0.15, -0.1) is 0 Å². The molecule has 1 aliphatic rings. The van der Waals surface area contributed by atoms with Gasteiger partial charge in [-0.3, -0.25) is 4.79 Å². The van der Waals surface area contributed by atoms with Crippen molar-refractivity contribution in [2.75, 3.05) is 5.32 Å². The molecule has 0 saturated heterocycles. The topological polar surface area (TPSA) is 32.3 Å². The molecule has 2 aromatic rings. The maximum absolute atomic E-state index is 13.0. The Hall–Kier alpha value is -2.76. The molecule has 0 radical (unpaired) electrons. The standard InChI is InChI=1S/C23H25F3N2O/c1-15(12-13-18-8-5-4-6-9-18)28-21(16(2)17(3)22(28)29)27-20-11-7-10-19(14-20)23(24,25)26/h4-11,14-15,21,27H,12-13H2,1-3H3/t15-,21-/m0/s1. The van der Waals surface area contributed by atoms with Gasteiger partial charge in [-0.05, 0) is 62.9 Å². The van der Waals surface area contributed by atoms with Gasteiger partial charge in [0.25, 0.3) is 5.91 Å². The fourth-order valence-electron chi connectivity index (χ4n) is 3.63. The van der Waals surface area contributed by atoms with Crippen LogP contribution in [0.4, 0.5) is 18.9 Å². The Morgan fingerprint density at radius 3 is 2.41 bits per heavy atom. The summed E-state index contributed by atoms with van der Waals surface area (Å²) in [6, 6.07) is 15.0. The lowest BCUT2D eigenvalue weighted by Gasteiger charge is -2.33. The molecule has 1 aliphatic heterocycles. The molecule has 3 rings (SSSR count). The number of halogens is 3. The molecule has 0 aromatic heterocycles. The van der Waals surface area contributed by atoms with Gasteiger partial charge in [0.2, 0.25) is 0 Å². The van der Waals surface area contributed by atoms with Crippen molar-refractivity contribution in [1.29, 1.82) is 0 Å². The van der Waals surface area contributed by atoms with Gasteiger partial charge in [0.15, 0.2) is 0 Å². The van der Waals surface area contributed by atoms with Crippen LogP contribution in [0.5, 0.6) is 0 Å².